The molecule has 3 atom stereocenters. The highest BCUT2D eigenvalue weighted by atomic mass is 15.5. The van der Waals surface area contributed by atoms with E-state index in [0.29, 0.717) is 6.04 Å². The first-order chi connectivity index (χ1) is 9.88. The lowest BCUT2D eigenvalue weighted by molar-refractivity contribution is 0.255. The average Bonchev–Trinajstić information content (AvgIpc) is 3.14. The molecule has 0 amide bonds. The molecule has 104 valence electrons. The Bertz CT molecular complexity index is 562. The van der Waals surface area contributed by atoms with Crippen molar-refractivity contribution >= 4 is 5.69 Å². The number of anilines is 1. The molecule has 0 aliphatic carbocycles. The first-order valence-corrected chi connectivity index (χ1v) is 7.34. The summed E-state index contributed by atoms with van der Waals surface area (Å²) < 4.78 is 0. The molecule has 2 aliphatic heterocycles. The highest BCUT2D eigenvalue weighted by Gasteiger charge is 2.33. The third-order valence-electron chi connectivity index (χ3n) is 4.50. The van der Waals surface area contributed by atoms with Crippen LogP contribution in [0.25, 0.3) is 5.69 Å². The van der Waals surface area contributed by atoms with Crippen molar-refractivity contribution in [3.63, 3.8) is 0 Å². The van der Waals surface area contributed by atoms with Gasteiger partial charge in [0.25, 0.3) is 0 Å². The smallest absolute Gasteiger partial charge is 0.0858 e. The SMILES string of the molecule is c1cnn(-c2ccc(NC3CCN4CCC3C4)cc2)n1. The van der Waals surface area contributed by atoms with Crippen LogP contribution in [0.1, 0.15) is 12.8 Å². The Balaban J connectivity index is 1.46. The van der Waals surface area contributed by atoms with E-state index in [2.05, 4.69) is 44.7 Å². The lowest BCUT2D eigenvalue weighted by atomic mass is 9.94. The molecular weight excluding hydrogens is 250 g/mol. The van der Waals surface area contributed by atoms with E-state index in [1.54, 1.807) is 17.2 Å². The maximum atomic E-state index is 4.14. The van der Waals surface area contributed by atoms with Crippen molar-refractivity contribution in [2.75, 3.05) is 25.0 Å². The van der Waals surface area contributed by atoms with Gasteiger partial charge in [0, 0.05) is 24.8 Å². The van der Waals surface area contributed by atoms with E-state index in [4.69, 9.17) is 0 Å². The van der Waals surface area contributed by atoms with Gasteiger partial charge in [0.2, 0.25) is 0 Å². The van der Waals surface area contributed by atoms with E-state index in [1.807, 2.05) is 0 Å². The molecule has 0 spiro atoms. The zero-order chi connectivity index (χ0) is 13.4. The topological polar surface area (TPSA) is 46.0 Å². The molecule has 2 aromatic rings. The van der Waals surface area contributed by atoms with Gasteiger partial charge in [-0.3, -0.25) is 0 Å². The molecule has 5 heteroatoms. The van der Waals surface area contributed by atoms with Crippen molar-refractivity contribution in [1.29, 1.82) is 0 Å². The number of nitrogens with zero attached hydrogens (tertiary/aromatic N) is 4. The molecule has 4 rings (SSSR count). The summed E-state index contributed by atoms with van der Waals surface area (Å²) in [6.45, 7) is 3.79. The van der Waals surface area contributed by atoms with Gasteiger partial charge in [0.15, 0.2) is 0 Å². The number of piperidine rings is 1. The van der Waals surface area contributed by atoms with Crippen molar-refractivity contribution in [3.8, 4) is 5.69 Å². The standard InChI is InChI=1S/C15H19N5/c1-3-14(20-16-7-8-17-20)4-2-13(1)18-15-6-10-19-9-5-12(15)11-19/h1-4,7-8,12,15,18H,5-6,9-11H2. The Morgan fingerprint density at radius 1 is 1.00 bits per heavy atom. The number of nitrogens with one attached hydrogen (secondary N) is 1. The van der Waals surface area contributed by atoms with Crippen molar-refractivity contribution in [2.45, 2.75) is 18.9 Å². The Kier molecular flexibility index (Phi) is 2.92. The van der Waals surface area contributed by atoms with Gasteiger partial charge in [0.1, 0.15) is 0 Å². The number of benzene rings is 1. The molecule has 1 aromatic heterocycles. The fourth-order valence-electron chi connectivity index (χ4n) is 3.40. The van der Waals surface area contributed by atoms with Crippen molar-refractivity contribution in [1.82, 2.24) is 19.9 Å². The minimum absolute atomic E-state index is 0.627. The predicted molar refractivity (Wildman–Crippen MR) is 77.9 cm³/mol. The van der Waals surface area contributed by atoms with Crippen molar-refractivity contribution in [2.24, 2.45) is 5.92 Å². The second-order valence-corrected chi connectivity index (χ2v) is 5.75. The van der Waals surface area contributed by atoms with E-state index in [9.17, 15) is 0 Å². The largest absolute Gasteiger partial charge is 0.382 e. The zero-order valence-corrected chi connectivity index (χ0v) is 11.4. The van der Waals surface area contributed by atoms with Gasteiger partial charge in [-0.2, -0.15) is 15.0 Å². The third-order valence-corrected chi connectivity index (χ3v) is 4.50. The molecule has 3 heterocycles. The Hall–Kier alpha value is -1.88. The normalized spacial score (nSPS) is 28.5. The third kappa shape index (κ3) is 2.18. The quantitative estimate of drug-likeness (QED) is 0.922. The number of fused-ring (bicyclic) bond motifs is 2. The van der Waals surface area contributed by atoms with E-state index >= 15 is 0 Å². The number of rotatable bonds is 3. The maximum Gasteiger partial charge on any atom is 0.0858 e. The van der Waals surface area contributed by atoms with E-state index < -0.39 is 0 Å². The Morgan fingerprint density at radius 2 is 1.75 bits per heavy atom. The maximum absolute atomic E-state index is 4.14. The lowest BCUT2D eigenvalue weighted by Crippen LogP contribution is -2.39. The van der Waals surface area contributed by atoms with Crippen LogP contribution in [-0.2, 0) is 0 Å². The van der Waals surface area contributed by atoms with E-state index in [1.165, 1.54) is 38.2 Å². The summed E-state index contributed by atoms with van der Waals surface area (Å²) in [5.74, 6) is 0.816. The van der Waals surface area contributed by atoms with Crippen molar-refractivity contribution < 1.29 is 0 Å². The second-order valence-electron chi connectivity index (χ2n) is 5.75. The molecule has 3 unspecified atom stereocenters. The molecule has 2 bridgehead atoms. The molecule has 2 saturated heterocycles. The second kappa shape index (κ2) is 4.90. The van der Waals surface area contributed by atoms with Crippen LogP contribution in [0.4, 0.5) is 5.69 Å². The van der Waals surface area contributed by atoms with Gasteiger partial charge < -0.3 is 10.2 Å². The van der Waals surface area contributed by atoms with Crippen LogP contribution < -0.4 is 5.32 Å². The first-order valence-electron chi connectivity index (χ1n) is 7.34. The summed E-state index contributed by atoms with van der Waals surface area (Å²) in [5.41, 5.74) is 2.20. The molecule has 1 aromatic carbocycles. The molecular formula is C15H19N5. The van der Waals surface area contributed by atoms with Gasteiger partial charge in [0.05, 0.1) is 18.1 Å². The molecule has 0 saturated carbocycles. The highest BCUT2D eigenvalue weighted by molar-refractivity contribution is 5.49. The summed E-state index contributed by atoms with van der Waals surface area (Å²) in [6.07, 6.45) is 5.99. The summed E-state index contributed by atoms with van der Waals surface area (Å²) in [7, 11) is 0. The summed E-state index contributed by atoms with van der Waals surface area (Å²) in [6, 6.07) is 9.00. The molecule has 20 heavy (non-hydrogen) atoms. The molecule has 5 nitrogen and oxygen atoms in total. The van der Waals surface area contributed by atoms with Gasteiger partial charge >= 0.3 is 0 Å². The van der Waals surface area contributed by atoms with Gasteiger partial charge in [-0.05, 0) is 49.6 Å². The number of hydrogen-bond donors (Lipinski definition) is 1. The van der Waals surface area contributed by atoms with Gasteiger partial charge in [-0.1, -0.05) is 0 Å². The average molecular weight is 269 g/mol. The van der Waals surface area contributed by atoms with Gasteiger partial charge in [-0.15, -0.1) is 0 Å². The van der Waals surface area contributed by atoms with Crippen LogP contribution in [0.2, 0.25) is 0 Å². The summed E-state index contributed by atoms with van der Waals surface area (Å²) in [4.78, 5) is 4.22. The molecule has 2 fully saturated rings. The van der Waals surface area contributed by atoms with E-state index in [-0.39, 0.29) is 0 Å². The van der Waals surface area contributed by atoms with Crippen LogP contribution in [-0.4, -0.2) is 45.6 Å². The molecule has 1 N–H and O–H groups in total. The summed E-state index contributed by atoms with van der Waals surface area (Å²) >= 11 is 0. The van der Waals surface area contributed by atoms with Crippen LogP contribution >= 0.6 is 0 Å². The minimum Gasteiger partial charge on any atom is -0.382 e. The van der Waals surface area contributed by atoms with Crippen LogP contribution in [0.3, 0.4) is 0 Å². The monoisotopic (exact) mass is 269 g/mol. The Morgan fingerprint density at radius 3 is 2.55 bits per heavy atom. The zero-order valence-electron chi connectivity index (χ0n) is 11.4. The lowest BCUT2D eigenvalue weighted by Gasteiger charge is -2.31. The first kappa shape index (κ1) is 11.9. The van der Waals surface area contributed by atoms with Crippen molar-refractivity contribution in [3.05, 3.63) is 36.7 Å². The molecule has 0 radical (unpaired) electrons. The molecule has 2 aliphatic rings. The fraction of sp³-hybridized carbons (Fsp3) is 0.467. The van der Waals surface area contributed by atoms with Crippen LogP contribution in [0, 0.1) is 5.92 Å². The predicted octanol–water partition coefficient (Wildman–Crippen LogP) is 1.77. The summed E-state index contributed by atoms with van der Waals surface area (Å²) in [5, 5.41) is 12.0. The minimum atomic E-state index is 0.627. The Labute approximate surface area is 118 Å². The highest BCUT2D eigenvalue weighted by Crippen LogP contribution is 2.29. The van der Waals surface area contributed by atoms with Crippen LogP contribution in [0.15, 0.2) is 36.7 Å². The number of aromatic nitrogens is 3. The fourth-order valence-corrected chi connectivity index (χ4v) is 3.40. The van der Waals surface area contributed by atoms with Crippen LogP contribution in [0.5, 0.6) is 0 Å². The van der Waals surface area contributed by atoms with E-state index in [0.717, 1.165) is 11.6 Å². The number of hydrogen-bond acceptors (Lipinski definition) is 4. The van der Waals surface area contributed by atoms with Gasteiger partial charge in [-0.25, -0.2) is 0 Å².